The van der Waals surface area contributed by atoms with Gasteiger partial charge in [0.1, 0.15) is 18.9 Å². The average Bonchev–Trinajstić information content (AvgIpc) is 3.61. The molecule has 1 aromatic carbocycles. The van der Waals surface area contributed by atoms with Crippen LogP contribution in [-0.4, -0.2) is 141 Å². The van der Waals surface area contributed by atoms with Gasteiger partial charge >= 0.3 is 6.09 Å². The number of rotatable bonds is 27. The fourth-order valence-corrected chi connectivity index (χ4v) is 7.19. The number of anilines is 1. The fraction of sp³-hybridized carbons (Fsp3) is 0.722. The van der Waals surface area contributed by atoms with Crippen molar-refractivity contribution in [3.05, 3.63) is 29.8 Å². The van der Waals surface area contributed by atoms with Crippen LogP contribution in [0, 0.1) is 23.7 Å². The van der Waals surface area contributed by atoms with Gasteiger partial charge in [0.25, 0.3) is 0 Å². The van der Waals surface area contributed by atoms with Gasteiger partial charge in [-0.2, -0.15) is 0 Å². The van der Waals surface area contributed by atoms with Crippen LogP contribution in [0.25, 0.3) is 0 Å². The summed E-state index contributed by atoms with van der Waals surface area (Å²) in [7, 11) is 5.60. The van der Waals surface area contributed by atoms with Crippen LogP contribution < -0.4 is 37.6 Å². The quantitative estimate of drug-likeness (QED) is 0.0276. The first-order valence-electron chi connectivity index (χ1n) is 26.4. The number of unbranched alkanes of at least 4 members (excludes halogenated alkanes) is 2. The monoisotopic (exact) mass is 1070 g/mol. The van der Waals surface area contributed by atoms with Gasteiger partial charge in [0.2, 0.25) is 41.9 Å². The van der Waals surface area contributed by atoms with Gasteiger partial charge in [0, 0.05) is 38.2 Å². The van der Waals surface area contributed by atoms with Gasteiger partial charge in [-0.1, -0.05) is 114 Å². The zero-order chi connectivity index (χ0) is 57.6. The highest BCUT2D eigenvalue weighted by Crippen LogP contribution is 2.27. The number of carbonyl (C=O) groups is 9. The molecule has 8 N–H and O–H groups in total. The van der Waals surface area contributed by atoms with Crippen molar-refractivity contribution in [2.45, 2.75) is 172 Å². The number of ether oxygens (including phenoxy) is 1. The molecule has 428 valence electrons. The summed E-state index contributed by atoms with van der Waals surface area (Å²) in [5, 5.41) is 15.8. The van der Waals surface area contributed by atoms with Crippen molar-refractivity contribution in [3.8, 4) is 0 Å². The Morgan fingerprint density at radius 3 is 1.89 bits per heavy atom. The molecular weight excluding hydrogens is 967 g/mol. The van der Waals surface area contributed by atoms with Crippen molar-refractivity contribution >= 4 is 71.7 Å². The van der Waals surface area contributed by atoms with E-state index in [4.69, 9.17) is 9.53 Å². The molecule has 0 bridgehead atoms. The minimum absolute atomic E-state index is 0.0174. The number of thioether (sulfide) groups is 1. The first-order chi connectivity index (χ1) is 34.9. The van der Waals surface area contributed by atoms with Gasteiger partial charge in [0.05, 0.1) is 24.9 Å². The summed E-state index contributed by atoms with van der Waals surface area (Å²) in [6.07, 6.45) is 6.93. The Morgan fingerprint density at radius 2 is 1.42 bits per heavy atom. The molecular formula is C54H101N9O10S. The van der Waals surface area contributed by atoms with Crippen LogP contribution in [0.5, 0.6) is 0 Å². The number of nitrogens with zero attached hydrogens (tertiary/aromatic N) is 2. The lowest BCUT2D eigenvalue weighted by atomic mass is 10.0. The number of primary amides is 1. The van der Waals surface area contributed by atoms with E-state index in [1.807, 2.05) is 14.1 Å². The number of likely N-dealkylation sites (N-methyl/N-ethyl adjacent to an activating group) is 2. The van der Waals surface area contributed by atoms with Crippen molar-refractivity contribution in [2.24, 2.45) is 29.4 Å². The van der Waals surface area contributed by atoms with E-state index >= 15 is 0 Å². The van der Waals surface area contributed by atoms with Crippen molar-refractivity contribution < 1.29 is 47.9 Å². The number of alkyl carbamates (subject to hydrolysis) is 1. The minimum Gasteiger partial charge on any atom is -0.445 e. The molecule has 1 heterocycles. The molecule has 0 aromatic heterocycles. The van der Waals surface area contributed by atoms with Crippen LogP contribution in [0.15, 0.2) is 24.3 Å². The Bertz CT molecular complexity index is 1680. The third-order valence-corrected chi connectivity index (χ3v) is 11.8. The Hall–Kier alpha value is -5.08. The molecule has 1 aromatic rings. The predicted molar refractivity (Wildman–Crippen MR) is 301 cm³/mol. The van der Waals surface area contributed by atoms with E-state index in [1.54, 1.807) is 61.8 Å². The summed E-state index contributed by atoms with van der Waals surface area (Å²) >= 11 is 1.57. The van der Waals surface area contributed by atoms with E-state index in [9.17, 15) is 38.4 Å². The Kier molecular flexibility index (Phi) is 49.8. The topological polar surface area (TPSA) is 268 Å². The summed E-state index contributed by atoms with van der Waals surface area (Å²) < 4.78 is 4.97. The number of imide groups is 1. The maximum Gasteiger partial charge on any atom is 0.407 e. The van der Waals surface area contributed by atoms with Gasteiger partial charge in [-0.3, -0.25) is 38.5 Å². The summed E-state index contributed by atoms with van der Waals surface area (Å²) in [5.74, 6) is 1.26. The van der Waals surface area contributed by atoms with E-state index in [0.717, 1.165) is 31.1 Å². The second-order valence-electron chi connectivity index (χ2n) is 19.1. The maximum atomic E-state index is 12.8. The zero-order valence-electron chi connectivity index (χ0n) is 48.3. The summed E-state index contributed by atoms with van der Waals surface area (Å²) in [6.45, 7) is 28.6. The van der Waals surface area contributed by atoms with Gasteiger partial charge in [-0.05, 0) is 100 Å². The van der Waals surface area contributed by atoms with Crippen LogP contribution in [-0.2, 0) is 49.7 Å². The molecule has 19 nitrogen and oxygen atoms in total. The lowest BCUT2D eigenvalue weighted by molar-refractivity contribution is -0.138. The van der Waals surface area contributed by atoms with Gasteiger partial charge in [-0.15, -0.1) is 11.8 Å². The zero-order valence-corrected chi connectivity index (χ0v) is 49.1. The normalized spacial score (nSPS) is 13.5. The summed E-state index contributed by atoms with van der Waals surface area (Å²) in [6, 6.07) is 6.03. The molecule has 0 radical (unpaired) electrons. The Labute approximate surface area is 450 Å². The fourth-order valence-electron chi connectivity index (χ4n) is 5.84. The Balaban J connectivity index is -0.000000739. The number of nitrogens with two attached hydrogens (primary N) is 1. The van der Waals surface area contributed by atoms with Crippen LogP contribution in [0.4, 0.5) is 10.5 Å². The summed E-state index contributed by atoms with van der Waals surface area (Å²) in [4.78, 5) is 108. The first-order valence-corrected chi connectivity index (χ1v) is 27.4. The SMILES string of the molecule is CC(C)C.CCC.CCC(C)CCSC1CC(=O)N(CCCCCC(=O)NC(C(=O)NCC(=O)Nc2ccc(COC(=O)NCC=O)cc2)C(C)C)C1=O.CCCNC.CNCC(=O)N(C)C(C)C(C)C.NC=O. The molecule has 8 amide bonds. The standard InChI is InChI=1S/C33H49N5O8S.C9H20N2O.C4H11N.C4H10.C3H8.CH3NO/c1-5-23(4)14-18-47-26-19-29(42)38(32(26)44)16-8-6-7-9-27(40)37-30(22(2)3)31(43)35-20-28(41)36-25-12-10-24(11-13-25)21-46-33(45)34-15-17-39;1-7(2)8(3)11(5)9(12)6-10-4;1-3-4-5-2;1-4(2)3;1-3-2;2-1-3/h10-13,17,22-23,26,30H,5-9,14-16,18-21H2,1-4H3,(H,34,45)(H,35,43)(H,36,41)(H,37,40);7-8,10H,6H2,1-5H3;5H,3-4H2,1-2H3;4H,1-3H3;3H2,1-2H3;1H,(H2,2,3). The van der Waals surface area contributed by atoms with Crippen LogP contribution in [0.3, 0.4) is 0 Å². The number of hydrogen-bond donors (Lipinski definition) is 7. The molecule has 1 fully saturated rings. The maximum absolute atomic E-state index is 12.8. The minimum atomic E-state index is -0.826. The average molecular weight is 1070 g/mol. The van der Waals surface area contributed by atoms with Crippen molar-refractivity contribution in [3.63, 3.8) is 0 Å². The van der Waals surface area contributed by atoms with Crippen molar-refractivity contribution in [1.29, 1.82) is 0 Å². The van der Waals surface area contributed by atoms with Gasteiger partial charge in [0.15, 0.2) is 0 Å². The smallest absolute Gasteiger partial charge is 0.407 e. The third-order valence-electron chi connectivity index (χ3n) is 10.5. The Morgan fingerprint density at radius 1 is 0.838 bits per heavy atom. The number of likely N-dealkylation sites (tertiary alicyclic amines) is 1. The van der Waals surface area contributed by atoms with Crippen LogP contribution in [0.1, 0.15) is 153 Å². The van der Waals surface area contributed by atoms with Crippen LogP contribution in [0.2, 0.25) is 0 Å². The van der Waals surface area contributed by atoms with Gasteiger partial charge in [-0.25, -0.2) is 4.79 Å². The number of benzene rings is 1. The highest BCUT2D eigenvalue weighted by Gasteiger charge is 2.38. The molecule has 4 unspecified atom stereocenters. The molecule has 0 spiro atoms. The molecule has 1 aliphatic rings. The lowest BCUT2D eigenvalue weighted by Crippen LogP contribution is -2.51. The molecule has 4 atom stereocenters. The second kappa shape index (κ2) is 48.8. The van der Waals surface area contributed by atoms with Gasteiger partial charge < -0.3 is 52.1 Å². The van der Waals surface area contributed by atoms with Crippen molar-refractivity contribution in [2.75, 3.05) is 64.9 Å². The van der Waals surface area contributed by atoms with Crippen LogP contribution >= 0.6 is 11.8 Å². The molecule has 74 heavy (non-hydrogen) atoms. The van der Waals surface area contributed by atoms with E-state index < -0.39 is 23.9 Å². The highest BCUT2D eigenvalue weighted by atomic mass is 32.2. The largest absolute Gasteiger partial charge is 0.445 e. The first kappa shape index (κ1) is 75.4. The van der Waals surface area contributed by atoms with E-state index in [0.29, 0.717) is 67.8 Å². The number of nitrogens with one attached hydrogen (secondary N) is 6. The number of aldehydes is 1. The second-order valence-corrected chi connectivity index (χ2v) is 20.4. The number of carbonyl (C=O) groups excluding carboxylic acids is 9. The third kappa shape index (κ3) is 41.3. The van der Waals surface area contributed by atoms with Crippen molar-refractivity contribution in [1.82, 2.24) is 36.4 Å². The molecule has 2 rings (SSSR count). The van der Waals surface area contributed by atoms with E-state index in [-0.39, 0.29) is 73.7 Å². The predicted octanol–water partition coefficient (Wildman–Crippen LogP) is 6.67. The molecule has 0 saturated carbocycles. The van der Waals surface area contributed by atoms with E-state index in [1.165, 1.54) is 17.7 Å². The lowest BCUT2D eigenvalue weighted by Gasteiger charge is -2.27. The molecule has 1 aliphatic heterocycles. The molecule has 0 aliphatic carbocycles. The van der Waals surface area contributed by atoms with E-state index in [2.05, 4.69) is 114 Å². The molecule has 20 heteroatoms. The number of amides is 8. The highest BCUT2D eigenvalue weighted by molar-refractivity contribution is 8.00. The summed E-state index contributed by atoms with van der Waals surface area (Å²) in [5.41, 5.74) is 5.31. The molecule has 1 saturated heterocycles. The number of hydrogen-bond acceptors (Lipinski definition) is 13.